The van der Waals surface area contributed by atoms with Gasteiger partial charge < -0.3 is 18.9 Å². The number of hydrogen-bond donors (Lipinski definition) is 0. The lowest BCUT2D eigenvalue weighted by molar-refractivity contribution is -0.217. The van der Waals surface area contributed by atoms with Crippen molar-refractivity contribution >= 4 is 16.1 Å². The summed E-state index contributed by atoms with van der Waals surface area (Å²) in [4.78, 5) is 15.1. The molecule has 0 unspecified atom stereocenters. The van der Waals surface area contributed by atoms with Crippen molar-refractivity contribution in [2.45, 2.75) is 55.8 Å². The molecule has 1 aromatic rings. The number of azide groups is 1. The number of nitrogens with zero attached hydrogens (tertiary/aromatic N) is 3. The molecule has 5 atom stereocenters. The third-order valence-electron chi connectivity index (χ3n) is 4.54. The van der Waals surface area contributed by atoms with Gasteiger partial charge in [0.25, 0.3) is 0 Å². The number of halogens is 3. The van der Waals surface area contributed by atoms with Crippen LogP contribution < -0.4 is 0 Å². The van der Waals surface area contributed by atoms with Crippen molar-refractivity contribution in [3.63, 3.8) is 0 Å². The zero-order valence-electron chi connectivity index (χ0n) is 16.6. The molecule has 3 rings (SSSR count). The molecule has 0 N–H and O–H groups in total. The average molecular weight is 481 g/mol. The van der Waals surface area contributed by atoms with E-state index in [0.717, 1.165) is 0 Å². The smallest absolute Gasteiger partial charge is 0.453 e. The van der Waals surface area contributed by atoms with E-state index in [1.165, 1.54) is 12.1 Å². The first kappa shape index (κ1) is 24.2. The first-order valence-electron chi connectivity index (χ1n) is 9.12. The Morgan fingerprint density at radius 3 is 2.53 bits per heavy atom. The second kappa shape index (κ2) is 8.84. The molecular weight excluding hydrogens is 463 g/mol. The Balaban J connectivity index is 1.85. The first-order chi connectivity index (χ1) is 14.8. The lowest BCUT2D eigenvalue weighted by Gasteiger charge is -2.28. The summed E-state index contributed by atoms with van der Waals surface area (Å²) in [6.45, 7) is 1.90. The number of hydrogen-bond acceptors (Lipinski definition) is 9. The maximum Gasteiger partial charge on any atom is 0.523 e. The number of ether oxygens (including phenoxy) is 4. The third kappa shape index (κ3) is 5.14. The van der Waals surface area contributed by atoms with E-state index in [4.69, 9.17) is 24.5 Å². The minimum absolute atomic E-state index is 0.157. The molecule has 0 aromatic heterocycles. The Morgan fingerprint density at radius 2 is 1.94 bits per heavy atom. The molecule has 0 aliphatic carbocycles. The Hall–Kier alpha value is -2.42. The summed E-state index contributed by atoms with van der Waals surface area (Å²) in [6.07, 6.45) is -4.90. The molecule has 2 heterocycles. The van der Waals surface area contributed by atoms with Gasteiger partial charge in [0.1, 0.15) is 6.10 Å². The van der Waals surface area contributed by atoms with Crippen molar-refractivity contribution in [1.82, 2.24) is 0 Å². The summed E-state index contributed by atoms with van der Waals surface area (Å²) in [7, 11) is -5.97. The molecule has 2 aliphatic rings. The maximum atomic E-state index is 12.6. The van der Waals surface area contributed by atoms with Crippen LogP contribution in [0.25, 0.3) is 10.4 Å². The largest absolute Gasteiger partial charge is 0.523 e. The van der Waals surface area contributed by atoms with Gasteiger partial charge in [0, 0.05) is 4.91 Å². The summed E-state index contributed by atoms with van der Waals surface area (Å²) < 4.78 is 86.6. The van der Waals surface area contributed by atoms with Crippen molar-refractivity contribution in [1.29, 1.82) is 0 Å². The molecule has 0 spiro atoms. The van der Waals surface area contributed by atoms with Gasteiger partial charge in [0.2, 0.25) is 0 Å². The average Bonchev–Trinajstić information content (AvgIpc) is 3.17. The number of alkyl halides is 3. The van der Waals surface area contributed by atoms with E-state index in [9.17, 15) is 26.4 Å². The highest BCUT2D eigenvalue weighted by molar-refractivity contribution is 7.87. The highest BCUT2D eigenvalue weighted by Gasteiger charge is 2.58. The second-order valence-electron chi connectivity index (χ2n) is 7.26. The fraction of sp³-hybridized carbons (Fsp3) is 0.588. The van der Waals surface area contributed by atoms with E-state index in [2.05, 4.69) is 14.2 Å². The molecule has 2 aliphatic heterocycles. The van der Waals surface area contributed by atoms with E-state index >= 15 is 0 Å². The normalized spacial score (nSPS) is 27.9. The fourth-order valence-corrected chi connectivity index (χ4v) is 3.65. The number of rotatable bonds is 7. The van der Waals surface area contributed by atoms with Gasteiger partial charge in [-0.15, -0.1) is 0 Å². The van der Waals surface area contributed by atoms with Gasteiger partial charge >= 0.3 is 21.6 Å². The molecule has 0 radical (unpaired) electrons. The van der Waals surface area contributed by atoms with Crippen molar-refractivity contribution < 1.29 is 49.5 Å². The van der Waals surface area contributed by atoms with Crippen LogP contribution in [-0.4, -0.2) is 62.9 Å². The summed E-state index contributed by atoms with van der Waals surface area (Å²) in [5, 5.41) is 3.28. The molecule has 176 valence electrons. The molecule has 32 heavy (non-hydrogen) atoms. The van der Waals surface area contributed by atoms with E-state index < -0.39 is 64.6 Å². The number of carbonyl (C=O) groups is 1. The van der Waals surface area contributed by atoms with Crippen LogP contribution in [-0.2, 0) is 33.2 Å². The van der Waals surface area contributed by atoms with Gasteiger partial charge in [0.05, 0.1) is 18.2 Å². The minimum Gasteiger partial charge on any atom is -0.453 e. The fourth-order valence-electron chi connectivity index (χ4n) is 3.20. The molecule has 1 aromatic carbocycles. The van der Waals surface area contributed by atoms with Gasteiger partial charge in [0.15, 0.2) is 24.3 Å². The predicted molar refractivity (Wildman–Crippen MR) is 98.2 cm³/mol. The number of benzene rings is 1. The zero-order valence-corrected chi connectivity index (χ0v) is 17.4. The summed E-state index contributed by atoms with van der Waals surface area (Å²) in [5.74, 6) is -1.95. The quantitative estimate of drug-likeness (QED) is 0.144. The van der Waals surface area contributed by atoms with Gasteiger partial charge in [-0.2, -0.15) is 21.6 Å². The molecule has 15 heteroatoms. The molecule has 0 bridgehead atoms. The van der Waals surface area contributed by atoms with Crippen molar-refractivity contribution in [2.24, 2.45) is 5.11 Å². The minimum atomic E-state index is -5.97. The summed E-state index contributed by atoms with van der Waals surface area (Å²) in [6, 6.07) is 6.12. The molecule has 11 nitrogen and oxygen atoms in total. The standard InChI is InChI=1S/C17H18F3N3O8S/c1-16(2)30-13-12(28-14(24)9-6-4-3-5-7-9)11(29-15(13)31-16)10(22-23-21)8-27-32(25,26)17(18,19)20/h3-7,10-13,15H,8H2,1-2H3/t10-,11-,12-,13-,15-/m1/s1. The molecule has 0 saturated carbocycles. The van der Waals surface area contributed by atoms with Gasteiger partial charge in [-0.25, -0.2) is 4.79 Å². The van der Waals surface area contributed by atoms with Crippen LogP contribution in [0.2, 0.25) is 0 Å². The van der Waals surface area contributed by atoms with Crippen LogP contribution in [0, 0.1) is 0 Å². The maximum absolute atomic E-state index is 12.6. The van der Waals surface area contributed by atoms with Crippen LogP contribution in [0.3, 0.4) is 0 Å². The van der Waals surface area contributed by atoms with Crippen molar-refractivity contribution in [3.05, 3.63) is 46.3 Å². The summed E-state index contributed by atoms with van der Waals surface area (Å²) in [5.41, 5.74) is 3.30. The first-order valence-corrected chi connectivity index (χ1v) is 10.5. The molecule has 2 saturated heterocycles. The Bertz CT molecular complexity index is 998. The van der Waals surface area contributed by atoms with Gasteiger partial charge in [-0.3, -0.25) is 4.18 Å². The topological polar surface area (TPSA) is 146 Å². The second-order valence-corrected chi connectivity index (χ2v) is 8.87. The van der Waals surface area contributed by atoms with Crippen molar-refractivity contribution in [3.8, 4) is 0 Å². The van der Waals surface area contributed by atoms with Gasteiger partial charge in [-0.1, -0.05) is 23.3 Å². The summed E-state index contributed by atoms with van der Waals surface area (Å²) >= 11 is 0. The van der Waals surface area contributed by atoms with Gasteiger partial charge in [-0.05, 0) is 31.5 Å². The van der Waals surface area contributed by atoms with Crippen LogP contribution in [0.5, 0.6) is 0 Å². The van der Waals surface area contributed by atoms with Crippen molar-refractivity contribution in [2.75, 3.05) is 6.61 Å². The van der Waals surface area contributed by atoms with Crippen LogP contribution >= 0.6 is 0 Å². The van der Waals surface area contributed by atoms with E-state index in [1.807, 2.05) is 0 Å². The predicted octanol–water partition coefficient (Wildman–Crippen LogP) is 2.63. The van der Waals surface area contributed by atoms with Crippen LogP contribution in [0.15, 0.2) is 35.4 Å². The molecular formula is C17H18F3N3O8S. The lowest BCUT2D eigenvalue weighted by Crippen LogP contribution is -2.45. The highest BCUT2D eigenvalue weighted by Crippen LogP contribution is 2.40. The number of fused-ring (bicyclic) bond motifs is 1. The lowest BCUT2D eigenvalue weighted by atomic mass is 10.0. The third-order valence-corrected chi connectivity index (χ3v) is 5.55. The van der Waals surface area contributed by atoms with E-state index in [-0.39, 0.29) is 5.56 Å². The zero-order chi connectivity index (χ0) is 23.7. The monoisotopic (exact) mass is 481 g/mol. The number of esters is 1. The molecule has 2 fully saturated rings. The Labute approximate surface area is 180 Å². The Kier molecular flexibility index (Phi) is 6.70. The Morgan fingerprint density at radius 1 is 1.28 bits per heavy atom. The SMILES string of the molecule is CC1(C)O[C@H]2O[C@H]([C@@H](COS(=O)(=O)C(F)(F)F)N=[N+]=[N-])[C@@H](OC(=O)c3ccccc3)[C@H]2O1. The van der Waals surface area contributed by atoms with Crippen LogP contribution in [0.4, 0.5) is 13.2 Å². The van der Waals surface area contributed by atoms with E-state index in [0.29, 0.717) is 0 Å². The number of carbonyl (C=O) groups excluding carboxylic acids is 1. The van der Waals surface area contributed by atoms with E-state index in [1.54, 1.807) is 32.0 Å². The highest BCUT2D eigenvalue weighted by atomic mass is 32.2. The van der Waals surface area contributed by atoms with Crippen LogP contribution in [0.1, 0.15) is 24.2 Å². The molecule has 0 amide bonds.